The molecule has 2 aromatic carbocycles. The molecule has 0 aliphatic rings. The van der Waals surface area contributed by atoms with Gasteiger partial charge in [0.25, 0.3) is 0 Å². The molecule has 0 saturated carbocycles. The van der Waals surface area contributed by atoms with Gasteiger partial charge in [0.05, 0.1) is 6.21 Å². The molecule has 5 nitrogen and oxygen atoms in total. The second kappa shape index (κ2) is 7.72. The van der Waals surface area contributed by atoms with E-state index in [4.69, 9.17) is 11.6 Å². The fourth-order valence-electron chi connectivity index (χ4n) is 1.55. The van der Waals surface area contributed by atoms with Gasteiger partial charge in [-0.15, -0.1) is 0 Å². The lowest BCUT2D eigenvalue weighted by Crippen LogP contribution is -2.32. The average Bonchev–Trinajstić information content (AvgIpc) is 2.49. The summed E-state index contributed by atoms with van der Waals surface area (Å²) in [5.74, 6) is -1.68. The Balaban J connectivity index is 1.92. The van der Waals surface area contributed by atoms with Crippen molar-refractivity contribution in [2.24, 2.45) is 5.10 Å². The molecule has 0 fully saturated rings. The maximum Gasteiger partial charge on any atom is 0.329 e. The van der Waals surface area contributed by atoms with Crippen LogP contribution in [0.4, 0.5) is 5.69 Å². The molecule has 22 heavy (non-hydrogen) atoms. The number of carbonyl (C=O) groups excluding carboxylic acids is 2. The van der Waals surface area contributed by atoms with E-state index in [1.165, 1.54) is 6.21 Å². The van der Waals surface area contributed by atoms with Crippen molar-refractivity contribution in [2.75, 3.05) is 5.32 Å². The fourth-order valence-corrected chi connectivity index (χ4v) is 2.13. The van der Waals surface area contributed by atoms with Gasteiger partial charge < -0.3 is 5.32 Å². The van der Waals surface area contributed by atoms with Crippen molar-refractivity contribution in [1.82, 2.24) is 5.43 Å². The Labute approximate surface area is 140 Å². The summed E-state index contributed by atoms with van der Waals surface area (Å²) in [7, 11) is 0. The second-order valence-corrected chi connectivity index (χ2v) is 5.51. The highest BCUT2D eigenvalue weighted by Gasteiger charge is 2.12. The van der Waals surface area contributed by atoms with Crippen molar-refractivity contribution in [1.29, 1.82) is 0 Å². The SMILES string of the molecule is O=C(NN=Cc1ccccc1Cl)C(=O)Nc1cccc(Br)c1. The van der Waals surface area contributed by atoms with E-state index in [2.05, 4.69) is 31.8 Å². The molecule has 7 heteroatoms. The molecular weight excluding hydrogens is 370 g/mol. The standard InChI is InChI=1S/C15H11BrClN3O2/c16-11-5-3-6-12(8-11)19-14(21)15(22)20-18-9-10-4-1-2-7-13(10)17/h1-9H,(H,19,21)(H,20,22). The molecule has 2 aromatic rings. The zero-order valence-corrected chi connectivity index (χ0v) is 13.6. The number of nitrogens with one attached hydrogen (secondary N) is 2. The first-order valence-electron chi connectivity index (χ1n) is 6.21. The number of carbonyl (C=O) groups is 2. The highest BCUT2D eigenvalue weighted by molar-refractivity contribution is 9.10. The molecule has 0 radical (unpaired) electrons. The Hall–Kier alpha value is -2.18. The highest BCUT2D eigenvalue weighted by Crippen LogP contribution is 2.15. The maximum atomic E-state index is 11.7. The Morgan fingerprint density at radius 2 is 1.86 bits per heavy atom. The third-order valence-corrected chi connectivity index (χ3v) is 3.40. The van der Waals surface area contributed by atoms with Gasteiger partial charge in [-0.2, -0.15) is 5.10 Å². The van der Waals surface area contributed by atoms with Crippen LogP contribution in [0.15, 0.2) is 58.1 Å². The number of amides is 2. The molecule has 112 valence electrons. The van der Waals surface area contributed by atoms with Crippen LogP contribution >= 0.6 is 27.5 Å². The zero-order chi connectivity index (χ0) is 15.9. The van der Waals surface area contributed by atoms with E-state index in [9.17, 15) is 9.59 Å². The Morgan fingerprint density at radius 1 is 1.09 bits per heavy atom. The summed E-state index contributed by atoms with van der Waals surface area (Å²) in [4.78, 5) is 23.3. The predicted molar refractivity (Wildman–Crippen MR) is 90.0 cm³/mol. The van der Waals surface area contributed by atoms with Crippen LogP contribution in [0, 0.1) is 0 Å². The number of rotatable bonds is 3. The molecular formula is C15H11BrClN3O2. The average molecular weight is 381 g/mol. The molecule has 2 N–H and O–H groups in total. The summed E-state index contributed by atoms with van der Waals surface area (Å²) in [6.07, 6.45) is 1.37. The monoisotopic (exact) mass is 379 g/mol. The Morgan fingerprint density at radius 3 is 2.59 bits per heavy atom. The van der Waals surface area contributed by atoms with Crippen LogP contribution in [0.2, 0.25) is 5.02 Å². The van der Waals surface area contributed by atoms with Gasteiger partial charge in [0.2, 0.25) is 0 Å². The molecule has 0 bridgehead atoms. The van der Waals surface area contributed by atoms with E-state index in [0.29, 0.717) is 16.3 Å². The van der Waals surface area contributed by atoms with E-state index in [1.54, 1.807) is 42.5 Å². The van der Waals surface area contributed by atoms with Crippen LogP contribution in [0.1, 0.15) is 5.56 Å². The first kappa shape index (κ1) is 16.2. The molecule has 0 heterocycles. The van der Waals surface area contributed by atoms with E-state index in [1.807, 2.05) is 6.07 Å². The van der Waals surface area contributed by atoms with Gasteiger partial charge in [-0.05, 0) is 24.3 Å². The number of hydrazone groups is 1. The van der Waals surface area contributed by atoms with Crippen molar-refractivity contribution < 1.29 is 9.59 Å². The summed E-state index contributed by atoms with van der Waals surface area (Å²) in [5, 5.41) is 6.66. The van der Waals surface area contributed by atoms with Gasteiger partial charge in [0, 0.05) is 20.7 Å². The van der Waals surface area contributed by atoms with Crippen molar-refractivity contribution in [3.63, 3.8) is 0 Å². The molecule has 2 amide bonds. The number of nitrogens with zero attached hydrogens (tertiary/aromatic N) is 1. The number of anilines is 1. The minimum atomic E-state index is -0.872. The third-order valence-electron chi connectivity index (χ3n) is 2.56. The third kappa shape index (κ3) is 4.68. The van der Waals surface area contributed by atoms with Gasteiger partial charge in [0.15, 0.2) is 0 Å². The van der Waals surface area contributed by atoms with E-state index >= 15 is 0 Å². The van der Waals surface area contributed by atoms with E-state index < -0.39 is 11.8 Å². The normalized spacial score (nSPS) is 10.5. The fraction of sp³-hybridized carbons (Fsp3) is 0. The number of halogens is 2. The van der Waals surface area contributed by atoms with Gasteiger partial charge >= 0.3 is 11.8 Å². The van der Waals surface area contributed by atoms with Crippen molar-refractivity contribution in [2.45, 2.75) is 0 Å². The van der Waals surface area contributed by atoms with Gasteiger partial charge in [0.1, 0.15) is 0 Å². The Bertz CT molecular complexity index is 734. The van der Waals surface area contributed by atoms with Crippen LogP contribution in [0.25, 0.3) is 0 Å². The molecule has 0 atom stereocenters. The van der Waals surface area contributed by atoms with E-state index in [-0.39, 0.29) is 0 Å². The molecule has 0 spiro atoms. The lowest BCUT2D eigenvalue weighted by Gasteiger charge is -2.04. The first-order valence-corrected chi connectivity index (χ1v) is 7.38. The number of hydrogen-bond acceptors (Lipinski definition) is 3. The van der Waals surface area contributed by atoms with E-state index in [0.717, 1.165) is 4.47 Å². The number of benzene rings is 2. The van der Waals surface area contributed by atoms with Crippen LogP contribution in [0.3, 0.4) is 0 Å². The summed E-state index contributed by atoms with van der Waals surface area (Å²) >= 11 is 9.21. The molecule has 0 aliphatic heterocycles. The van der Waals surface area contributed by atoms with Crippen LogP contribution in [-0.2, 0) is 9.59 Å². The summed E-state index contributed by atoms with van der Waals surface area (Å²) in [6, 6.07) is 13.9. The molecule has 2 rings (SSSR count). The molecule has 0 saturated heterocycles. The molecule has 0 aliphatic carbocycles. The largest absolute Gasteiger partial charge is 0.329 e. The predicted octanol–water partition coefficient (Wildman–Crippen LogP) is 3.19. The summed E-state index contributed by atoms with van der Waals surface area (Å²) in [6.45, 7) is 0. The van der Waals surface area contributed by atoms with Crippen LogP contribution in [-0.4, -0.2) is 18.0 Å². The quantitative estimate of drug-likeness (QED) is 0.488. The smallest absolute Gasteiger partial charge is 0.318 e. The maximum absolute atomic E-state index is 11.7. The Kier molecular flexibility index (Phi) is 5.68. The zero-order valence-electron chi connectivity index (χ0n) is 11.2. The van der Waals surface area contributed by atoms with Gasteiger partial charge in [-0.3, -0.25) is 9.59 Å². The number of hydrogen-bond donors (Lipinski definition) is 2. The highest BCUT2D eigenvalue weighted by atomic mass is 79.9. The topological polar surface area (TPSA) is 70.6 Å². The van der Waals surface area contributed by atoms with Crippen molar-refractivity contribution in [3.05, 3.63) is 63.6 Å². The summed E-state index contributed by atoms with van der Waals surface area (Å²) in [5.41, 5.74) is 3.28. The van der Waals surface area contributed by atoms with Crippen molar-refractivity contribution >= 4 is 51.2 Å². The van der Waals surface area contributed by atoms with Crippen molar-refractivity contribution in [3.8, 4) is 0 Å². The van der Waals surface area contributed by atoms with Gasteiger partial charge in [-0.1, -0.05) is 51.8 Å². The lowest BCUT2D eigenvalue weighted by molar-refractivity contribution is -0.136. The van der Waals surface area contributed by atoms with Crippen LogP contribution < -0.4 is 10.7 Å². The lowest BCUT2D eigenvalue weighted by atomic mass is 10.2. The molecule has 0 unspecified atom stereocenters. The van der Waals surface area contributed by atoms with Crippen LogP contribution in [0.5, 0.6) is 0 Å². The minimum absolute atomic E-state index is 0.499. The summed E-state index contributed by atoms with van der Waals surface area (Å²) < 4.78 is 0.794. The first-order chi connectivity index (χ1) is 10.6. The second-order valence-electron chi connectivity index (χ2n) is 4.19. The minimum Gasteiger partial charge on any atom is -0.318 e. The molecule has 0 aromatic heterocycles. The van der Waals surface area contributed by atoms with Gasteiger partial charge in [-0.25, -0.2) is 5.43 Å².